The van der Waals surface area contributed by atoms with Gasteiger partial charge >= 0.3 is 0 Å². The molecule has 3 N–H and O–H groups in total. The minimum absolute atomic E-state index is 0.0755. The fraction of sp³-hybridized carbons (Fsp3) is 0.500. The van der Waals surface area contributed by atoms with E-state index in [0.29, 0.717) is 6.54 Å². The van der Waals surface area contributed by atoms with E-state index < -0.39 is 6.04 Å². The van der Waals surface area contributed by atoms with Gasteiger partial charge in [-0.3, -0.25) is 4.79 Å². The van der Waals surface area contributed by atoms with Crippen molar-refractivity contribution in [1.82, 2.24) is 5.32 Å². The van der Waals surface area contributed by atoms with Crippen molar-refractivity contribution in [1.29, 1.82) is 0 Å². The monoisotopic (exact) mass is 234 g/mol. The molecule has 1 amide bonds. The zero-order valence-electron chi connectivity index (χ0n) is 10.9. The lowest BCUT2D eigenvalue weighted by molar-refractivity contribution is -0.124. The standard InChI is InChI=1S/C14H22N2O/c1-14(2,3)12(15)13(17)16-10-9-11-7-5-4-6-8-11/h4-8,12H,9-10,15H2,1-3H3,(H,16,17). The van der Waals surface area contributed by atoms with Crippen LogP contribution in [0.15, 0.2) is 30.3 Å². The summed E-state index contributed by atoms with van der Waals surface area (Å²) in [6.07, 6.45) is 0.837. The van der Waals surface area contributed by atoms with E-state index in [2.05, 4.69) is 17.4 Å². The largest absolute Gasteiger partial charge is 0.354 e. The first kappa shape index (κ1) is 13.7. The van der Waals surface area contributed by atoms with Crippen LogP contribution >= 0.6 is 0 Å². The van der Waals surface area contributed by atoms with Gasteiger partial charge in [0.1, 0.15) is 0 Å². The Hall–Kier alpha value is -1.35. The van der Waals surface area contributed by atoms with E-state index in [0.717, 1.165) is 6.42 Å². The molecule has 0 aromatic heterocycles. The number of nitrogens with two attached hydrogens (primary N) is 1. The molecule has 94 valence electrons. The van der Waals surface area contributed by atoms with Crippen LogP contribution in [0.4, 0.5) is 0 Å². The summed E-state index contributed by atoms with van der Waals surface area (Å²) in [5.41, 5.74) is 6.88. The third kappa shape index (κ3) is 4.57. The van der Waals surface area contributed by atoms with Gasteiger partial charge in [-0.05, 0) is 17.4 Å². The summed E-state index contributed by atoms with van der Waals surface area (Å²) in [5.74, 6) is -0.0755. The highest BCUT2D eigenvalue weighted by Gasteiger charge is 2.26. The molecule has 1 aromatic rings. The highest BCUT2D eigenvalue weighted by molar-refractivity contribution is 5.82. The van der Waals surface area contributed by atoms with E-state index in [1.807, 2.05) is 39.0 Å². The van der Waals surface area contributed by atoms with Crippen LogP contribution in [0, 0.1) is 5.41 Å². The Kier molecular flexibility index (Phi) is 4.70. The topological polar surface area (TPSA) is 55.1 Å². The third-order valence-corrected chi connectivity index (χ3v) is 2.77. The molecule has 0 fully saturated rings. The summed E-state index contributed by atoms with van der Waals surface area (Å²) in [5, 5.41) is 2.87. The van der Waals surface area contributed by atoms with Gasteiger partial charge in [0.05, 0.1) is 6.04 Å². The fourth-order valence-electron chi connectivity index (χ4n) is 1.48. The maximum absolute atomic E-state index is 11.7. The van der Waals surface area contributed by atoms with Gasteiger partial charge in [-0.25, -0.2) is 0 Å². The maximum atomic E-state index is 11.7. The first-order valence-corrected chi connectivity index (χ1v) is 5.98. The third-order valence-electron chi connectivity index (χ3n) is 2.77. The highest BCUT2D eigenvalue weighted by atomic mass is 16.2. The molecule has 3 nitrogen and oxygen atoms in total. The Bertz CT molecular complexity index is 354. The average Bonchev–Trinajstić information content (AvgIpc) is 2.28. The van der Waals surface area contributed by atoms with Gasteiger partial charge < -0.3 is 11.1 Å². The molecule has 0 radical (unpaired) electrons. The van der Waals surface area contributed by atoms with Crippen molar-refractivity contribution in [3.05, 3.63) is 35.9 Å². The number of hydrogen-bond donors (Lipinski definition) is 2. The summed E-state index contributed by atoms with van der Waals surface area (Å²) in [7, 11) is 0. The molecule has 0 saturated heterocycles. The highest BCUT2D eigenvalue weighted by Crippen LogP contribution is 2.17. The Morgan fingerprint density at radius 2 is 1.88 bits per heavy atom. The number of carbonyl (C=O) groups is 1. The van der Waals surface area contributed by atoms with Gasteiger partial charge in [0.15, 0.2) is 0 Å². The Morgan fingerprint density at radius 3 is 2.41 bits per heavy atom. The summed E-state index contributed by atoms with van der Waals surface area (Å²) in [4.78, 5) is 11.7. The summed E-state index contributed by atoms with van der Waals surface area (Å²) in [6.45, 7) is 6.53. The normalized spacial score (nSPS) is 13.2. The van der Waals surface area contributed by atoms with Crippen LogP contribution in [0.25, 0.3) is 0 Å². The summed E-state index contributed by atoms with van der Waals surface area (Å²) >= 11 is 0. The van der Waals surface area contributed by atoms with Crippen molar-refractivity contribution in [3.8, 4) is 0 Å². The van der Waals surface area contributed by atoms with Crippen molar-refractivity contribution in [2.24, 2.45) is 11.1 Å². The molecular formula is C14H22N2O. The maximum Gasteiger partial charge on any atom is 0.237 e. The zero-order chi connectivity index (χ0) is 12.9. The van der Waals surface area contributed by atoms with E-state index in [1.54, 1.807) is 0 Å². The van der Waals surface area contributed by atoms with Crippen LogP contribution < -0.4 is 11.1 Å². The quantitative estimate of drug-likeness (QED) is 0.833. The van der Waals surface area contributed by atoms with E-state index in [-0.39, 0.29) is 11.3 Å². The average molecular weight is 234 g/mol. The van der Waals surface area contributed by atoms with E-state index in [4.69, 9.17) is 5.73 Å². The number of rotatable bonds is 4. The van der Waals surface area contributed by atoms with Gasteiger partial charge in [0, 0.05) is 6.54 Å². The number of hydrogen-bond acceptors (Lipinski definition) is 2. The SMILES string of the molecule is CC(C)(C)C(N)C(=O)NCCc1ccccc1. The molecule has 3 heteroatoms. The Labute approximate surface area is 103 Å². The van der Waals surface area contributed by atoms with Gasteiger partial charge in [-0.2, -0.15) is 0 Å². The van der Waals surface area contributed by atoms with Crippen molar-refractivity contribution in [2.75, 3.05) is 6.54 Å². The number of nitrogens with one attached hydrogen (secondary N) is 1. The van der Waals surface area contributed by atoms with Crippen molar-refractivity contribution >= 4 is 5.91 Å². The Morgan fingerprint density at radius 1 is 1.29 bits per heavy atom. The molecule has 0 aliphatic heterocycles. The first-order valence-electron chi connectivity index (χ1n) is 5.98. The number of carbonyl (C=O) groups excluding carboxylic acids is 1. The first-order chi connectivity index (χ1) is 7.91. The summed E-state index contributed by atoms with van der Waals surface area (Å²) < 4.78 is 0. The van der Waals surface area contributed by atoms with Crippen LogP contribution in [-0.4, -0.2) is 18.5 Å². The predicted octanol–water partition coefficient (Wildman–Crippen LogP) is 1.72. The van der Waals surface area contributed by atoms with Crippen LogP contribution in [-0.2, 0) is 11.2 Å². The molecule has 1 rings (SSSR count). The van der Waals surface area contributed by atoms with Crippen LogP contribution in [0.3, 0.4) is 0 Å². The Balaban J connectivity index is 2.35. The van der Waals surface area contributed by atoms with Gasteiger partial charge in [0.2, 0.25) is 5.91 Å². The molecule has 0 aliphatic rings. The molecule has 1 atom stereocenters. The lowest BCUT2D eigenvalue weighted by Gasteiger charge is -2.25. The lowest BCUT2D eigenvalue weighted by atomic mass is 9.87. The molecule has 0 aliphatic carbocycles. The van der Waals surface area contributed by atoms with E-state index in [9.17, 15) is 4.79 Å². The van der Waals surface area contributed by atoms with Crippen LogP contribution in [0.2, 0.25) is 0 Å². The van der Waals surface area contributed by atoms with Crippen LogP contribution in [0.5, 0.6) is 0 Å². The molecule has 1 unspecified atom stereocenters. The molecule has 17 heavy (non-hydrogen) atoms. The van der Waals surface area contributed by atoms with E-state index >= 15 is 0 Å². The number of benzene rings is 1. The molecule has 0 saturated carbocycles. The molecule has 0 spiro atoms. The van der Waals surface area contributed by atoms with Crippen molar-refractivity contribution < 1.29 is 4.79 Å². The molecular weight excluding hydrogens is 212 g/mol. The lowest BCUT2D eigenvalue weighted by Crippen LogP contribution is -2.48. The molecule has 0 bridgehead atoms. The minimum Gasteiger partial charge on any atom is -0.354 e. The smallest absolute Gasteiger partial charge is 0.237 e. The van der Waals surface area contributed by atoms with Gasteiger partial charge in [-0.1, -0.05) is 51.1 Å². The minimum atomic E-state index is -0.460. The second-order valence-corrected chi connectivity index (χ2v) is 5.37. The molecule has 0 heterocycles. The predicted molar refractivity (Wildman–Crippen MR) is 70.6 cm³/mol. The number of amides is 1. The van der Waals surface area contributed by atoms with E-state index in [1.165, 1.54) is 5.56 Å². The van der Waals surface area contributed by atoms with Crippen LogP contribution in [0.1, 0.15) is 26.3 Å². The summed E-state index contributed by atoms with van der Waals surface area (Å²) in [6, 6.07) is 9.62. The van der Waals surface area contributed by atoms with Gasteiger partial charge in [-0.15, -0.1) is 0 Å². The van der Waals surface area contributed by atoms with Gasteiger partial charge in [0.25, 0.3) is 0 Å². The molecule has 1 aromatic carbocycles. The second kappa shape index (κ2) is 5.82. The fourth-order valence-corrected chi connectivity index (χ4v) is 1.48. The van der Waals surface area contributed by atoms with Crippen molar-refractivity contribution in [2.45, 2.75) is 33.2 Å². The zero-order valence-corrected chi connectivity index (χ0v) is 10.9. The van der Waals surface area contributed by atoms with Crippen molar-refractivity contribution in [3.63, 3.8) is 0 Å². The second-order valence-electron chi connectivity index (χ2n) is 5.37.